The van der Waals surface area contributed by atoms with E-state index in [1.54, 1.807) is 13.2 Å². The highest BCUT2D eigenvalue weighted by Gasteiger charge is 2.62. The Kier molecular flexibility index (Phi) is 3.26. The van der Waals surface area contributed by atoms with Crippen LogP contribution in [0.5, 0.6) is 11.5 Å². The molecule has 1 aromatic carbocycles. The van der Waals surface area contributed by atoms with E-state index in [-0.39, 0.29) is 11.5 Å². The Balaban J connectivity index is 1.97. The fourth-order valence-electron chi connectivity index (χ4n) is 5.23. The van der Waals surface area contributed by atoms with Gasteiger partial charge in [0.05, 0.1) is 7.11 Å². The number of ether oxygens (including phenoxy) is 2. The van der Waals surface area contributed by atoms with Crippen LogP contribution in [-0.4, -0.2) is 49.0 Å². The average Bonchev–Trinajstić information content (AvgIpc) is 2.90. The molecular formula is C19H25NO3. The van der Waals surface area contributed by atoms with Gasteiger partial charge in [0.1, 0.15) is 12.2 Å². The van der Waals surface area contributed by atoms with Gasteiger partial charge in [0.2, 0.25) is 0 Å². The summed E-state index contributed by atoms with van der Waals surface area (Å²) >= 11 is 0. The Bertz CT molecular complexity index is 658. The van der Waals surface area contributed by atoms with Gasteiger partial charge in [-0.3, -0.25) is 0 Å². The zero-order chi connectivity index (χ0) is 16.4. The maximum absolute atomic E-state index is 10.6. The number of piperidine rings is 1. The third-order valence-electron chi connectivity index (χ3n) is 6.46. The molecular weight excluding hydrogens is 290 g/mol. The van der Waals surface area contributed by atoms with Gasteiger partial charge < -0.3 is 19.5 Å². The number of fused-ring (bicyclic) bond motifs is 1. The standard InChI is InChI=1S/C19H25NO3/c1-5-14(21)18-19-8-9-20(3)13(11(19)2)10-12-6-7-15(22-4)17(23-18)16(12)19/h5-7,11,13-14,18,21H,1,8-10H2,2-4H3/t11?,13-,14+,18+,19+/m1/s1. The SMILES string of the molecule is C=C[C@H](O)[C@@H]1Oc2c(OC)ccc3c2[C@@]12CCN(C)[C@H](C3)C2C. The molecule has 0 radical (unpaired) electrons. The van der Waals surface area contributed by atoms with Crippen LogP contribution in [0.2, 0.25) is 0 Å². The second-order valence-electron chi connectivity index (χ2n) is 7.23. The molecule has 1 unspecified atom stereocenters. The van der Waals surface area contributed by atoms with Crippen molar-refractivity contribution in [3.05, 3.63) is 35.9 Å². The van der Waals surface area contributed by atoms with Crippen LogP contribution >= 0.6 is 0 Å². The van der Waals surface area contributed by atoms with Gasteiger partial charge in [0, 0.05) is 17.0 Å². The summed E-state index contributed by atoms with van der Waals surface area (Å²) in [7, 11) is 3.88. The molecule has 4 rings (SSSR count). The highest BCUT2D eigenvalue weighted by molar-refractivity contribution is 5.60. The summed E-state index contributed by atoms with van der Waals surface area (Å²) in [6.45, 7) is 7.12. The van der Waals surface area contributed by atoms with E-state index in [0.717, 1.165) is 30.9 Å². The van der Waals surface area contributed by atoms with Crippen molar-refractivity contribution in [1.82, 2.24) is 4.90 Å². The van der Waals surface area contributed by atoms with Gasteiger partial charge in [-0.15, -0.1) is 6.58 Å². The molecule has 4 nitrogen and oxygen atoms in total. The molecule has 2 aliphatic heterocycles. The van der Waals surface area contributed by atoms with Crippen molar-refractivity contribution in [2.75, 3.05) is 20.7 Å². The lowest BCUT2D eigenvalue weighted by molar-refractivity contribution is -0.0445. The maximum Gasteiger partial charge on any atom is 0.165 e. The number of aliphatic hydroxyl groups excluding tert-OH is 1. The van der Waals surface area contributed by atoms with Crippen LogP contribution in [0.1, 0.15) is 24.5 Å². The van der Waals surface area contributed by atoms with Crippen molar-refractivity contribution >= 4 is 0 Å². The van der Waals surface area contributed by atoms with Crippen molar-refractivity contribution < 1.29 is 14.6 Å². The fourth-order valence-corrected chi connectivity index (χ4v) is 5.23. The van der Waals surface area contributed by atoms with E-state index in [1.165, 1.54) is 11.1 Å². The summed E-state index contributed by atoms with van der Waals surface area (Å²) < 4.78 is 11.9. The summed E-state index contributed by atoms with van der Waals surface area (Å²) in [5, 5.41) is 10.6. The van der Waals surface area contributed by atoms with Gasteiger partial charge in [-0.1, -0.05) is 19.1 Å². The second-order valence-corrected chi connectivity index (χ2v) is 7.23. The quantitative estimate of drug-likeness (QED) is 0.868. The number of hydrogen-bond acceptors (Lipinski definition) is 4. The smallest absolute Gasteiger partial charge is 0.165 e. The van der Waals surface area contributed by atoms with Crippen LogP contribution in [0.3, 0.4) is 0 Å². The van der Waals surface area contributed by atoms with Gasteiger partial charge in [0.15, 0.2) is 11.5 Å². The summed E-state index contributed by atoms with van der Waals surface area (Å²) in [6, 6.07) is 4.66. The Morgan fingerprint density at radius 2 is 2.30 bits per heavy atom. The molecule has 0 aromatic heterocycles. The molecule has 1 N–H and O–H groups in total. The first-order chi connectivity index (χ1) is 11.0. The van der Waals surface area contributed by atoms with Crippen molar-refractivity contribution in [2.24, 2.45) is 5.92 Å². The van der Waals surface area contributed by atoms with Crippen molar-refractivity contribution in [3.63, 3.8) is 0 Å². The number of methoxy groups -OCH3 is 1. The van der Waals surface area contributed by atoms with Gasteiger partial charge >= 0.3 is 0 Å². The minimum absolute atomic E-state index is 0.151. The topological polar surface area (TPSA) is 41.9 Å². The van der Waals surface area contributed by atoms with Crippen LogP contribution in [0.25, 0.3) is 0 Å². The molecule has 1 fully saturated rings. The largest absolute Gasteiger partial charge is 0.493 e. The van der Waals surface area contributed by atoms with Crippen LogP contribution in [0.4, 0.5) is 0 Å². The first-order valence-electron chi connectivity index (χ1n) is 8.42. The summed E-state index contributed by atoms with van der Waals surface area (Å²) in [5.74, 6) is 2.03. The van der Waals surface area contributed by atoms with E-state index in [0.29, 0.717) is 12.0 Å². The fraction of sp³-hybridized carbons (Fsp3) is 0.579. The van der Waals surface area contributed by atoms with Crippen LogP contribution < -0.4 is 9.47 Å². The molecule has 5 atom stereocenters. The predicted octanol–water partition coefficient (Wildman–Crippen LogP) is 2.14. The number of likely N-dealkylation sites (N-methyl/N-ethyl adjacent to an activating group) is 1. The van der Waals surface area contributed by atoms with Gasteiger partial charge in [0.25, 0.3) is 0 Å². The van der Waals surface area contributed by atoms with Crippen LogP contribution in [-0.2, 0) is 11.8 Å². The van der Waals surface area contributed by atoms with Crippen LogP contribution in [0.15, 0.2) is 24.8 Å². The molecule has 1 saturated heterocycles. The third-order valence-corrected chi connectivity index (χ3v) is 6.46. The normalized spacial score (nSPS) is 36.1. The van der Waals surface area contributed by atoms with Gasteiger partial charge in [-0.2, -0.15) is 0 Å². The molecule has 23 heavy (non-hydrogen) atoms. The maximum atomic E-state index is 10.6. The number of hydrogen-bond donors (Lipinski definition) is 1. The Morgan fingerprint density at radius 1 is 1.52 bits per heavy atom. The summed E-state index contributed by atoms with van der Waals surface area (Å²) in [6.07, 6.45) is 2.67. The number of aliphatic hydroxyl groups is 1. The zero-order valence-corrected chi connectivity index (χ0v) is 14.1. The summed E-state index contributed by atoms with van der Waals surface area (Å²) in [4.78, 5) is 2.46. The van der Waals surface area contributed by atoms with E-state index in [9.17, 15) is 5.11 Å². The highest BCUT2D eigenvalue weighted by atomic mass is 16.5. The Labute approximate surface area is 137 Å². The minimum Gasteiger partial charge on any atom is -0.493 e. The Hall–Kier alpha value is -1.52. The average molecular weight is 315 g/mol. The van der Waals surface area contributed by atoms with Crippen molar-refractivity contribution in [2.45, 2.75) is 43.4 Å². The lowest BCUT2D eigenvalue weighted by atomic mass is 9.55. The minimum atomic E-state index is -0.676. The van der Waals surface area contributed by atoms with E-state index < -0.39 is 6.10 Å². The number of likely N-dealkylation sites (tertiary alicyclic amines) is 1. The lowest BCUT2D eigenvalue weighted by Crippen LogP contribution is -2.62. The molecule has 1 spiro atoms. The first-order valence-corrected chi connectivity index (χ1v) is 8.42. The monoisotopic (exact) mass is 315 g/mol. The van der Waals surface area contributed by atoms with Crippen molar-refractivity contribution in [1.29, 1.82) is 0 Å². The van der Waals surface area contributed by atoms with Gasteiger partial charge in [-0.05, 0) is 44.0 Å². The number of nitrogens with zero attached hydrogens (tertiary/aromatic N) is 1. The molecule has 1 aromatic rings. The first kappa shape index (κ1) is 15.0. The third kappa shape index (κ3) is 1.74. The summed E-state index contributed by atoms with van der Waals surface area (Å²) in [5.41, 5.74) is 2.47. The van der Waals surface area contributed by atoms with E-state index in [1.807, 2.05) is 6.07 Å². The van der Waals surface area contributed by atoms with Crippen LogP contribution in [0, 0.1) is 5.92 Å². The van der Waals surface area contributed by atoms with E-state index >= 15 is 0 Å². The molecule has 3 aliphatic rings. The van der Waals surface area contributed by atoms with Gasteiger partial charge in [-0.25, -0.2) is 0 Å². The number of rotatable bonds is 3. The molecule has 4 heteroatoms. The highest BCUT2D eigenvalue weighted by Crippen LogP contribution is 2.60. The Morgan fingerprint density at radius 3 is 3.00 bits per heavy atom. The molecule has 2 bridgehead atoms. The van der Waals surface area contributed by atoms with Crippen molar-refractivity contribution in [3.8, 4) is 11.5 Å². The molecule has 0 saturated carbocycles. The lowest BCUT2D eigenvalue weighted by Gasteiger charge is -2.54. The molecule has 2 heterocycles. The number of benzene rings is 1. The zero-order valence-electron chi connectivity index (χ0n) is 14.1. The predicted molar refractivity (Wildman–Crippen MR) is 89.2 cm³/mol. The molecule has 1 aliphatic carbocycles. The molecule has 124 valence electrons. The second kappa shape index (κ2) is 4.99. The van der Waals surface area contributed by atoms with E-state index in [4.69, 9.17) is 9.47 Å². The van der Waals surface area contributed by atoms with E-state index in [2.05, 4.69) is 31.5 Å². The molecule has 0 amide bonds.